The first kappa shape index (κ1) is 18.4. The average molecular weight is 357 g/mol. The standard InChI is InChI=1S/C16H18F3N3OS/c1-22(15(23)11-24-16(17,18)19)9-5-8-13-10-14(21-20-13)12-6-3-2-4-7-12/h2-4,6-7,10H,5,8-9,11H2,1H3,(H,20,21). The molecule has 24 heavy (non-hydrogen) atoms. The molecule has 0 saturated carbocycles. The SMILES string of the molecule is CN(CCCc1cc(-c2ccccc2)n[nH]1)C(=O)CSC(F)(F)F. The van der Waals surface area contributed by atoms with Gasteiger partial charge < -0.3 is 4.90 Å². The maximum absolute atomic E-state index is 12.1. The highest BCUT2D eigenvalue weighted by Gasteiger charge is 2.29. The van der Waals surface area contributed by atoms with Crippen molar-refractivity contribution < 1.29 is 18.0 Å². The van der Waals surface area contributed by atoms with Gasteiger partial charge in [-0.1, -0.05) is 30.3 Å². The molecular weight excluding hydrogens is 339 g/mol. The maximum atomic E-state index is 12.1. The Kier molecular flexibility index (Phi) is 6.30. The van der Waals surface area contributed by atoms with Crippen LogP contribution < -0.4 is 0 Å². The zero-order chi connectivity index (χ0) is 17.6. The number of aromatic amines is 1. The number of alkyl halides is 3. The van der Waals surface area contributed by atoms with Crippen LogP contribution in [-0.2, 0) is 11.2 Å². The molecule has 0 aliphatic rings. The normalized spacial score (nSPS) is 11.5. The quantitative estimate of drug-likeness (QED) is 0.822. The summed E-state index contributed by atoms with van der Waals surface area (Å²) in [6.07, 6.45) is 1.32. The minimum Gasteiger partial charge on any atom is -0.345 e. The molecule has 0 aliphatic carbocycles. The fourth-order valence-electron chi connectivity index (χ4n) is 2.13. The van der Waals surface area contributed by atoms with Gasteiger partial charge in [0, 0.05) is 24.8 Å². The zero-order valence-corrected chi connectivity index (χ0v) is 14.0. The van der Waals surface area contributed by atoms with Crippen molar-refractivity contribution in [3.8, 4) is 11.3 Å². The minimum absolute atomic E-state index is 0.307. The Hall–Kier alpha value is -1.96. The van der Waals surface area contributed by atoms with Crippen LogP contribution in [0.1, 0.15) is 12.1 Å². The number of aromatic nitrogens is 2. The second-order valence-electron chi connectivity index (χ2n) is 5.30. The zero-order valence-electron chi connectivity index (χ0n) is 13.1. The van der Waals surface area contributed by atoms with E-state index >= 15 is 0 Å². The molecule has 1 aromatic carbocycles. The molecule has 0 bridgehead atoms. The van der Waals surface area contributed by atoms with Gasteiger partial charge >= 0.3 is 5.51 Å². The smallest absolute Gasteiger partial charge is 0.345 e. The summed E-state index contributed by atoms with van der Waals surface area (Å²) in [4.78, 5) is 12.9. The van der Waals surface area contributed by atoms with E-state index in [9.17, 15) is 18.0 Å². The van der Waals surface area contributed by atoms with Crippen molar-refractivity contribution in [1.29, 1.82) is 0 Å². The summed E-state index contributed by atoms with van der Waals surface area (Å²) in [5, 5.41) is 7.19. The number of carbonyl (C=O) groups excluding carboxylic acids is 1. The molecule has 0 unspecified atom stereocenters. The Morgan fingerprint density at radius 3 is 2.67 bits per heavy atom. The lowest BCUT2D eigenvalue weighted by atomic mass is 10.1. The molecule has 0 aliphatic heterocycles. The number of amides is 1. The van der Waals surface area contributed by atoms with Crippen LogP contribution in [0.2, 0.25) is 0 Å². The topological polar surface area (TPSA) is 49.0 Å². The highest BCUT2D eigenvalue weighted by molar-refractivity contribution is 8.00. The molecule has 0 atom stereocenters. The number of hydrogen-bond acceptors (Lipinski definition) is 3. The number of nitrogens with zero attached hydrogens (tertiary/aromatic N) is 2. The van der Waals surface area contributed by atoms with Gasteiger partial charge in [0.25, 0.3) is 0 Å². The lowest BCUT2D eigenvalue weighted by Crippen LogP contribution is -2.30. The second-order valence-corrected chi connectivity index (χ2v) is 6.34. The summed E-state index contributed by atoms with van der Waals surface area (Å²) in [6.45, 7) is 0.400. The molecule has 130 valence electrons. The van der Waals surface area contributed by atoms with E-state index in [0.29, 0.717) is 19.4 Å². The number of aryl methyl sites for hydroxylation is 1. The highest BCUT2D eigenvalue weighted by atomic mass is 32.2. The monoisotopic (exact) mass is 357 g/mol. The van der Waals surface area contributed by atoms with Gasteiger partial charge in [-0.25, -0.2) is 0 Å². The van der Waals surface area contributed by atoms with Crippen LogP contribution in [0.25, 0.3) is 11.3 Å². The van der Waals surface area contributed by atoms with Gasteiger partial charge in [-0.15, -0.1) is 0 Å². The number of nitrogens with one attached hydrogen (secondary N) is 1. The number of benzene rings is 1. The molecule has 0 saturated heterocycles. The third-order valence-electron chi connectivity index (χ3n) is 3.43. The summed E-state index contributed by atoms with van der Waals surface area (Å²) in [7, 11) is 1.52. The number of halogens is 3. The van der Waals surface area contributed by atoms with E-state index in [2.05, 4.69) is 10.2 Å². The molecule has 2 aromatic rings. The van der Waals surface area contributed by atoms with Crippen molar-refractivity contribution in [3.63, 3.8) is 0 Å². The molecule has 0 radical (unpaired) electrons. The van der Waals surface area contributed by atoms with Crippen molar-refractivity contribution >= 4 is 17.7 Å². The molecule has 1 amide bonds. The fourth-order valence-corrected chi connectivity index (χ4v) is 2.64. The molecule has 1 heterocycles. The van der Waals surface area contributed by atoms with Gasteiger partial charge in [0.1, 0.15) is 0 Å². The Labute approximate surface area is 142 Å². The Balaban J connectivity index is 1.76. The third kappa shape index (κ3) is 5.92. The van der Waals surface area contributed by atoms with Crippen LogP contribution in [0, 0.1) is 0 Å². The van der Waals surface area contributed by atoms with Crippen molar-refractivity contribution in [2.24, 2.45) is 0 Å². The molecular formula is C16H18F3N3OS. The van der Waals surface area contributed by atoms with Crippen LogP contribution in [-0.4, -0.2) is 45.9 Å². The summed E-state index contributed by atoms with van der Waals surface area (Å²) >= 11 is -0.307. The van der Waals surface area contributed by atoms with Gasteiger partial charge in [-0.3, -0.25) is 9.89 Å². The molecule has 1 aromatic heterocycles. The Bertz CT molecular complexity index is 658. The van der Waals surface area contributed by atoms with Crippen LogP contribution in [0.5, 0.6) is 0 Å². The highest BCUT2D eigenvalue weighted by Crippen LogP contribution is 2.30. The predicted octanol–water partition coefficient (Wildman–Crippen LogP) is 3.72. The first-order valence-corrected chi connectivity index (χ1v) is 8.38. The molecule has 4 nitrogen and oxygen atoms in total. The van der Waals surface area contributed by atoms with Gasteiger partial charge in [0.05, 0.1) is 11.4 Å². The first-order valence-electron chi connectivity index (χ1n) is 7.39. The van der Waals surface area contributed by atoms with Gasteiger partial charge in [0.15, 0.2) is 0 Å². The van der Waals surface area contributed by atoms with Gasteiger partial charge in [0.2, 0.25) is 5.91 Å². The predicted molar refractivity (Wildman–Crippen MR) is 88.5 cm³/mol. The molecule has 2 rings (SSSR count). The number of H-pyrrole nitrogens is 1. The lowest BCUT2D eigenvalue weighted by molar-refractivity contribution is -0.127. The summed E-state index contributed by atoms with van der Waals surface area (Å²) in [5.41, 5.74) is -1.59. The minimum atomic E-state index is -4.37. The number of rotatable bonds is 7. The van der Waals surface area contributed by atoms with E-state index in [-0.39, 0.29) is 11.8 Å². The number of thioether (sulfide) groups is 1. The number of carbonyl (C=O) groups is 1. The van der Waals surface area contributed by atoms with E-state index in [0.717, 1.165) is 17.0 Å². The average Bonchev–Trinajstić information content (AvgIpc) is 3.01. The van der Waals surface area contributed by atoms with Crippen LogP contribution >= 0.6 is 11.8 Å². The van der Waals surface area contributed by atoms with Crippen molar-refractivity contribution in [2.45, 2.75) is 18.3 Å². The molecule has 1 N–H and O–H groups in total. The van der Waals surface area contributed by atoms with Crippen molar-refractivity contribution in [3.05, 3.63) is 42.1 Å². The molecule has 0 spiro atoms. The van der Waals surface area contributed by atoms with Crippen LogP contribution in [0.3, 0.4) is 0 Å². The van der Waals surface area contributed by atoms with Crippen LogP contribution in [0.15, 0.2) is 36.4 Å². The largest absolute Gasteiger partial charge is 0.442 e. The van der Waals surface area contributed by atoms with E-state index in [4.69, 9.17) is 0 Å². The lowest BCUT2D eigenvalue weighted by Gasteiger charge is -2.17. The van der Waals surface area contributed by atoms with Gasteiger partial charge in [-0.2, -0.15) is 18.3 Å². The van der Waals surface area contributed by atoms with Crippen molar-refractivity contribution in [2.75, 3.05) is 19.3 Å². The summed E-state index contributed by atoms with van der Waals surface area (Å²) in [5.74, 6) is -1.10. The van der Waals surface area contributed by atoms with E-state index in [1.807, 2.05) is 36.4 Å². The summed E-state index contributed by atoms with van der Waals surface area (Å²) < 4.78 is 36.2. The Morgan fingerprint density at radius 1 is 1.29 bits per heavy atom. The second kappa shape index (κ2) is 8.23. The molecule has 8 heteroatoms. The van der Waals surface area contributed by atoms with Gasteiger partial charge in [-0.05, 0) is 30.7 Å². The van der Waals surface area contributed by atoms with E-state index in [1.54, 1.807) is 0 Å². The summed E-state index contributed by atoms with van der Waals surface area (Å²) in [6, 6.07) is 11.7. The van der Waals surface area contributed by atoms with E-state index < -0.39 is 17.2 Å². The number of hydrogen-bond donors (Lipinski definition) is 1. The van der Waals surface area contributed by atoms with E-state index in [1.165, 1.54) is 11.9 Å². The fraction of sp³-hybridized carbons (Fsp3) is 0.375. The Morgan fingerprint density at radius 2 is 2.00 bits per heavy atom. The van der Waals surface area contributed by atoms with Crippen LogP contribution in [0.4, 0.5) is 13.2 Å². The third-order valence-corrected chi connectivity index (χ3v) is 4.14. The molecule has 0 fully saturated rings. The van der Waals surface area contributed by atoms with Crippen molar-refractivity contribution in [1.82, 2.24) is 15.1 Å². The first-order chi connectivity index (χ1) is 11.3. The maximum Gasteiger partial charge on any atom is 0.442 e.